The number of nitrogens with one attached hydrogen (secondary N) is 1. The van der Waals surface area contributed by atoms with Gasteiger partial charge < -0.3 is 14.8 Å². The summed E-state index contributed by atoms with van der Waals surface area (Å²) in [5, 5.41) is 10.8. The van der Waals surface area contributed by atoms with Crippen LogP contribution in [0.4, 0.5) is 4.39 Å². The number of hydrogen-bond acceptors (Lipinski definition) is 3. The maximum absolute atomic E-state index is 13.0. The molecular weight excluding hydrogens is 253 g/mol. The standard InChI is InChI=1S/C12H10FN3O3/c13-8-1-2-10-15-9(7-16(10)6-8)5-14-11(17)3-4-12(18)19/h1-4,6-7H,5H2,(H,14,17)(H,18,19)/b4-3+. The number of carboxylic acids is 1. The number of amides is 1. The third kappa shape index (κ3) is 3.38. The maximum Gasteiger partial charge on any atom is 0.328 e. The first-order chi connectivity index (χ1) is 9.04. The van der Waals surface area contributed by atoms with Gasteiger partial charge in [-0.15, -0.1) is 0 Å². The molecule has 0 saturated carbocycles. The second-order valence-electron chi connectivity index (χ2n) is 3.73. The Kier molecular flexibility index (Phi) is 3.56. The molecule has 98 valence electrons. The number of halogens is 1. The van der Waals surface area contributed by atoms with Crippen molar-refractivity contribution >= 4 is 17.5 Å². The van der Waals surface area contributed by atoms with Crippen molar-refractivity contribution in [2.24, 2.45) is 0 Å². The first-order valence-electron chi connectivity index (χ1n) is 5.36. The van der Waals surface area contributed by atoms with Gasteiger partial charge in [-0.05, 0) is 12.1 Å². The fraction of sp³-hybridized carbons (Fsp3) is 0.0833. The topological polar surface area (TPSA) is 83.7 Å². The summed E-state index contributed by atoms with van der Waals surface area (Å²) in [5.74, 6) is -2.12. The summed E-state index contributed by atoms with van der Waals surface area (Å²) in [6, 6.07) is 2.81. The number of aromatic nitrogens is 2. The van der Waals surface area contributed by atoms with Crippen molar-refractivity contribution in [3.8, 4) is 0 Å². The molecule has 6 nitrogen and oxygen atoms in total. The van der Waals surface area contributed by atoms with Crippen LogP contribution in [-0.2, 0) is 16.1 Å². The number of nitrogens with zero attached hydrogens (tertiary/aromatic N) is 2. The van der Waals surface area contributed by atoms with Crippen molar-refractivity contribution in [3.05, 3.63) is 48.2 Å². The lowest BCUT2D eigenvalue weighted by molar-refractivity contribution is -0.131. The molecule has 2 rings (SSSR count). The second kappa shape index (κ2) is 5.30. The van der Waals surface area contributed by atoms with Gasteiger partial charge in [0.25, 0.3) is 0 Å². The summed E-state index contributed by atoms with van der Waals surface area (Å²) in [4.78, 5) is 25.6. The smallest absolute Gasteiger partial charge is 0.328 e. The van der Waals surface area contributed by atoms with Gasteiger partial charge in [-0.25, -0.2) is 14.2 Å². The number of fused-ring (bicyclic) bond motifs is 1. The lowest BCUT2D eigenvalue weighted by Gasteiger charge is -1.97. The van der Waals surface area contributed by atoms with Crippen LogP contribution in [0, 0.1) is 5.82 Å². The molecule has 2 aromatic rings. The maximum atomic E-state index is 13.0. The van der Waals surface area contributed by atoms with E-state index in [-0.39, 0.29) is 12.4 Å². The molecule has 2 aromatic heterocycles. The minimum atomic E-state index is -1.20. The molecule has 2 N–H and O–H groups in total. The van der Waals surface area contributed by atoms with E-state index in [1.54, 1.807) is 6.20 Å². The van der Waals surface area contributed by atoms with Crippen LogP contribution in [0.1, 0.15) is 5.69 Å². The van der Waals surface area contributed by atoms with Crippen LogP contribution in [0.3, 0.4) is 0 Å². The van der Waals surface area contributed by atoms with Gasteiger partial charge in [0.05, 0.1) is 12.2 Å². The quantitative estimate of drug-likeness (QED) is 0.796. The van der Waals surface area contributed by atoms with Crippen LogP contribution < -0.4 is 5.32 Å². The van der Waals surface area contributed by atoms with E-state index in [0.717, 1.165) is 12.2 Å². The zero-order valence-electron chi connectivity index (χ0n) is 9.71. The van der Waals surface area contributed by atoms with Crippen molar-refractivity contribution in [1.82, 2.24) is 14.7 Å². The molecule has 7 heteroatoms. The van der Waals surface area contributed by atoms with E-state index in [0.29, 0.717) is 11.3 Å². The summed E-state index contributed by atoms with van der Waals surface area (Å²) in [5.41, 5.74) is 1.11. The highest BCUT2D eigenvalue weighted by atomic mass is 19.1. The first-order valence-corrected chi connectivity index (χ1v) is 5.36. The molecule has 1 amide bonds. The summed E-state index contributed by atoms with van der Waals surface area (Å²) in [6.45, 7) is 0.131. The average molecular weight is 263 g/mol. The number of imidazole rings is 1. The van der Waals surface area contributed by atoms with Gasteiger partial charge in [0.1, 0.15) is 11.5 Å². The van der Waals surface area contributed by atoms with Crippen molar-refractivity contribution in [2.45, 2.75) is 6.54 Å². The van der Waals surface area contributed by atoms with Crippen molar-refractivity contribution in [3.63, 3.8) is 0 Å². The van der Waals surface area contributed by atoms with Gasteiger partial charge in [-0.2, -0.15) is 0 Å². The molecule has 0 fully saturated rings. The lowest BCUT2D eigenvalue weighted by atomic mass is 10.4. The highest BCUT2D eigenvalue weighted by molar-refractivity contribution is 5.93. The Bertz CT molecular complexity index is 663. The fourth-order valence-electron chi connectivity index (χ4n) is 1.49. The summed E-state index contributed by atoms with van der Waals surface area (Å²) >= 11 is 0. The third-order valence-corrected chi connectivity index (χ3v) is 2.29. The number of carboxylic acid groups (broad SMARTS) is 1. The molecular formula is C12H10FN3O3. The van der Waals surface area contributed by atoms with Gasteiger partial charge in [-0.3, -0.25) is 4.79 Å². The monoisotopic (exact) mass is 263 g/mol. The lowest BCUT2D eigenvalue weighted by Crippen LogP contribution is -2.20. The Morgan fingerprint density at radius 3 is 2.89 bits per heavy atom. The van der Waals surface area contributed by atoms with E-state index in [4.69, 9.17) is 5.11 Å². The minimum absolute atomic E-state index is 0.131. The average Bonchev–Trinajstić information content (AvgIpc) is 2.75. The highest BCUT2D eigenvalue weighted by Gasteiger charge is 2.03. The van der Waals surface area contributed by atoms with Crippen LogP contribution >= 0.6 is 0 Å². The summed E-state index contributed by atoms with van der Waals surface area (Å²) < 4.78 is 14.5. The van der Waals surface area contributed by atoms with E-state index < -0.39 is 11.9 Å². The summed E-state index contributed by atoms with van der Waals surface area (Å²) in [6.07, 6.45) is 4.52. The van der Waals surface area contributed by atoms with Gasteiger partial charge >= 0.3 is 5.97 Å². The van der Waals surface area contributed by atoms with Gasteiger partial charge in [0, 0.05) is 24.5 Å². The first kappa shape index (κ1) is 12.7. The van der Waals surface area contributed by atoms with Crippen molar-refractivity contribution < 1.29 is 19.1 Å². The molecule has 0 saturated heterocycles. The van der Waals surface area contributed by atoms with Crippen LogP contribution in [-0.4, -0.2) is 26.4 Å². The SMILES string of the molecule is O=C(O)/C=C/C(=O)NCc1cn2cc(F)ccc2n1. The molecule has 19 heavy (non-hydrogen) atoms. The number of rotatable bonds is 4. The number of pyridine rings is 1. The Hall–Kier alpha value is -2.70. The van der Waals surface area contributed by atoms with E-state index >= 15 is 0 Å². The minimum Gasteiger partial charge on any atom is -0.478 e. The largest absolute Gasteiger partial charge is 0.478 e. The molecule has 0 bridgehead atoms. The number of hydrogen-bond donors (Lipinski definition) is 2. The highest BCUT2D eigenvalue weighted by Crippen LogP contribution is 2.06. The van der Waals surface area contributed by atoms with Crippen LogP contribution in [0.2, 0.25) is 0 Å². The Labute approximate surface area is 107 Å². The molecule has 0 aromatic carbocycles. The van der Waals surface area contributed by atoms with E-state index in [1.807, 2.05) is 0 Å². The summed E-state index contributed by atoms with van der Waals surface area (Å²) in [7, 11) is 0. The van der Waals surface area contributed by atoms with E-state index in [1.165, 1.54) is 22.7 Å². The zero-order valence-corrected chi connectivity index (χ0v) is 9.71. The predicted molar refractivity (Wildman–Crippen MR) is 63.8 cm³/mol. The van der Waals surface area contributed by atoms with Gasteiger partial charge in [0.2, 0.25) is 5.91 Å². The second-order valence-corrected chi connectivity index (χ2v) is 3.73. The third-order valence-electron chi connectivity index (χ3n) is 2.29. The molecule has 0 spiro atoms. The van der Waals surface area contributed by atoms with Gasteiger partial charge in [0.15, 0.2) is 0 Å². The normalized spacial score (nSPS) is 11.0. The molecule has 0 aliphatic rings. The predicted octanol–water partition coefficient (Wildman–Crippen LogP) is 0.730. The van der Waals surface area contributed by atoms with Crippen LogP contribution in [0.15, 0.2) is 36.7 Å². The number of carbonyl (C=O) groups excluding carboxylic acids is 1. The Balaban J connectivity index is 2.02. The molecule has 0 unspecified atom stereocenters. The van der Waals surface area contributed by atoms with E-state index in [9.17, 15) is 14.0 Å². The van der Waals surface area contributed by atoms with Gasteiger partial charge in [-0.1, -0.05) is 0 Å². The molecule has 2 heterocycles. The zero-order chi connectivity index (χ0) is 13.8. The molecule has 0 atom stereocenters. The molecule has 0 aliphatic heterocycles. The van der Waals surface area contributed by atoms with Crippen LogP contribution in [0.5, 0.6) is 0 Å². The number of aliphatic carboxylic acids is 1. The van der Waals surface area contributed by atoms with Crippen LogP contribution in [0.25, 0.3) is 5.65 Å². The van der Waals surface area contributed by atoms with E-state index in [2.05, 4.69) is 10.3 Å². The Morgan fingerprint density at radius 2 is 2.16 bits per heavy atom. The van der Waals surface area contributed by atoms with Crippen molar-refractivity contribution in [1.29, 1.82) is 0 Å². The van der Waals surface area contributed by atoms with Crippen molar-refractivity contribution in [2.75, 3.05) is 0 Å². The fourth-order valence-corrected chi connectivity index (χ4v) is 1.49. The molecule has 0 aliphatic carbocycles. The Morgan fingerprint density at radius 1 is 1.37 bits per heavy atom. The molecule has 0 radical (unpaired) electrons. The number of carbonyl (C=O) groups is 2.